The molecule has 3 rings (SSSR count). The lowest BCUT2D eigenvalue weighted by Crippen LogP contribution is -2.29. The third kappa shape index (κ3) is 2.62. The number of furan rings is 1. The molecule has 2 N–H and O–H groups in total. The molecule has 0 amide bonds. The Morgan fingerprint density at radius 3 is 2.71 bits per heavy atom. The zero-order chi connectivity index (χ0) is 17.4. The summed E-state index contributed by atoms with van der Waals surface area (Å²) in [5.74, 6) is 1.34. The van der Waals surface area contributed by atoms with Crippen LogP contribution in [0.25, 0.3) is 11.2 Å². The molecule has 0 aliphatic heterocycles. The summed E-state index contributed by atoms with van der Waals surface area (Å²) in [5.41, 5.74) is -0.252. The van der Waals surface area contributed by atoms with Gasteiger partial charge in [0.2, 0.25) is 5.95 Å². The number of nitrogens with one attached hydrogen (secondary N) is 2. The molecular weight excluding hydrogens is 312 g/mol. The summed E-state index contributed by atoms with van der Waals surface area (Å²) in [5, 5.41) is 3.23. The molecule has 24 heavy (non-hydrogen) atoms. The quantitative estimate of drug-likeness (QED) is 0.695. The van der Waals surface area contributed by atoms with E-state index in [1.54, 1.807) is 24.9 Å². The molecule has 9 nitrogen and oxygen atoms in total. The zero-order valence-electron chi connectivity index (χ0n) is 14.0. The highest BCUT2D eigenvalue weighted by Gasteiger charge is 2.19. The van der Waals surface area contributed by atoms with Crippen molar-refractivity contribution in [3.05, 3.63) is 45.0 Å². The van der Waals surface area contributed by atoms with E-state index in [2.05, 4.69) is 15.3 Å². The van der Waals surface area contributed by atoms with Gasteiger partial charge in [0.1, 0.15) is 5.76 Å². The van der Waals surface area contributed by atoms with Crippen LogP contribution in [0.5, 0.6) is 0 Å². The van der Waals surface area contributed by atoms with Crippen LogP contribution in [0.15, 0.2) is 32.4 Å². The average Bonchev–Trinajstić information content (AvgIpc) is 3.14. The summed E-state index contributed by atoms with van der Waals surface area (Å²) in [7, 11) is 7.22. The summed E-state index contributed by atoms with van der Waals surface area (Å²) in [6, 6.07) is 3.76. The first-order valence-corrected chi connectivity index (χ1v) is 7.49. The molecule has 0 aromatic carbocycles. The van der Waals surface area contributed by atoms with E-state index in [9.17, 15) is 9.59 Å². The monoisotopic (exact) mass is 332 g/mol. The van der Waals surface area contributed by atoms with Gasteiger partial charge in [-0.1, -0.05) is 0 Å². The standard InChI is InChI=1S/C15H20N6O3/c1-19(2)9(10-6-5-7-24-10)8-16-14-17-12-11(20(14)3)13(22)18-15(23)21(12)4/h5-7,9H,8H2,1-4H3,(H,16,17)(H,18,22,23). The molecule has 1 atom stereocenters. The Morgan fingerprint density at radius 2 is 2.08 bits per heavy atom. The number of H-pyrrole nitrogens is 1. The van der Waals surface area contributed by atoms with Gasteiger partial charge in [-0.15, -0.1) is 0 Å². The SMILES string of the molecule is CN(C)C(CNc1nc2c(c(=O)[nH]c(=O)n2C)n1C)c1ccco1. The van der Waals surface area contributed by atoms with Gasteiger partial charge in [0.25, 0.3) is 5.56 Å². The summed E-state index contributed by atoms with van der Waals surface area (Å²) >= 11 is 0. The van der Waals surface area contributed by atoms with Gasteiger partial charge in [0.15, 0.2) is 11.2 Å². The lowest BCUT2D eigenvalue weighted by Gasteiger charge is -2.22. The maximum atomic E-state index is 12.0. The van der Waals surface area contributed by atoms with Crippen molar-refractivity contribution >= 4 is 17.1 Å². The van der Waals surface area contributed by atoms with E-state index in [0.29, 0.717) is 23.7 Å². The molecule has 1 unspecified atom stereocenters. The molecular formula is C15H20N6O3. The fourth-order valence-corrected chi connectivity index (χ4v) is 2.67. The minimum atomic E-state index is -0.487. The highest BCUT2D eigenvalue weighted by Crippen LogP contribution is 2.20. The first-order valence-electron chi connectivity index (χ1n) is 7.49. The van der Waals surface area contributed by atoms with Gasteiger partial charge in [-0.2, -0.15) is 4.98 Å². The molecule has 128 valence electrons. The number of fused-ring (bicyclic) bond motifs is 1. The molecule has 3 aromatic heterocycles. The van der Waals surface area contributed by atoms with Crippen LogP contribution >= 0.6 is 0 Å². The van der Waals surface area contributed by atoms with E-state index < -0.39 is 11.2 Å². The summed E-state index contributed by atoms with van der Waals surface area (Å²) in [4.78, 5) is 32.4. The van der Waals surface area contributed by atoms with E-state index >= 15 is 0 Å². The number of hydrogen-bond donors (Lipinski definition) is 2. The van der Waals surface area contributed by atoms with Gasteiger partial charge in [-0.05, 0) is 26.2 Å². The second-order valence-electron chi connectivity index (χ2n) is 5.86. The third-order valence-corrected chi connectivity index (χ3v) is 4.08. The topological polar surface area (TPSA) is 101 Å². The number of anilines is 1. The molecule has 0 saturated carbocycles. The zero-order valence-corrected chi connectivity index (χ0v) is 14.0. The van der Waals surface area contributed by atoms with Crippen molar-refractivity contribution in [2.45, 2.75) is 6.04 Å². The number of aromatic nitrogens is 4. The highest BCUT2D eigenvalue weighted by atomic mass is 16.3. The molecule has 3 heterocycles. The van der Waals surface area contributed by atoms with Crippen molar-refractivity contribution in [1.29, 1.82) is 0 Å². The fourth-order valence-electron chi connectivity index (χ4n) is 2.67. The maximum Gasteiger partial charge on any atom is 0.329 e. The largest absolute Gasteiger partial charge is 0.468 e. The second-order valence-corrected chi connectivity index (χ2v) is 5.86. The Hall–Kier alpha value is -2.81. The van der Waals surface area contributed by atoms with Crippen LogP contribution in [0.4, 0.5) is 5.95 Å². The van der Waals surface area contributed by atoms with Crippen molar-refractivity contribution in [2.24, 2.45) is 14.1 Å². The van der Waals surface area contributed by atoms with Gasteiger partial charge in [0.05, 0.1) is 12.3 Å². The van der Waals surface area contributed by atoms with Crippen molar-refractivity contribution in [2.75, 3.05) is 26.0 Å². The second kappa shape index (κ2) is 6.00. The number of hydrogen-bond acceptors (Lipinski definition) is 6. The number of aromatic amines is 1. The predicted octanol–water partition coefficient (Wildman–Crippen LogP) is 0.268. The third-order valence-electron chi connectivity index (χ3n) is 4.08. The number of nitrogens with zero attached hydrogens (tertiary/aromatic N) is 4. The minimum Gasteiger partial charge on any atom is -0.468 e. The number of imidazole rings is 1. The molecule has 3 aromatic rings. The lowest BCUT2D eigenvalue weighted by molar-refractivity contribution is 0.269. The molecule has 0 radical (unpaired) electrons. The maximum absolute atomic E-state index is 12.0. The smallest absolute Gasteiger partial charge is 0.329 e. The van der Waals surface area contributed by atoms with Crippen LogP contribution in [-0.4, -0.2) is 44.6 Å². The Kier molecular flexibility index (Phi) is 4.02. The molecule has 0 aliphatic carbocycles. The van der Waals surface area contributed by atoms with E-state index in [-0.39, 0.29) is 6.04 Å². The predicted molar refractivity (Wildman–Crippen MR) is 90.2 cm³/mol. The summed E-state index contributed by atoms with van der Waals surface area (Å²) in [6.45, 7) is 0.531. The molecule has 0 spiro atoms. The normalized spacial score (nSPS) is 12.9. The van der Waals surface area contributed by atoms with Crippen LogP contribution in [0.3, 0.4) is 0 Å². The van der Waals surface area contributed by atoms with Crippen LogP contribution < -0.4 is 16.6 Å². The number of aryl methyl sites for hydroxylation is 2. The molecule has 0 fully saturated rings. The minimum absolute atomic E-state index is 0.00177. The molecule has 9 heteroatoms. The number of rotatable bonds is 5. The summed E-state index contributed by atoms with van der Waals surface area (Å²) in [6.07, 6.45) is 1.64. The summed E-state index contributed by atoms with van der Waals surface area (Å²) < 4.78 is 8.44. The Bertz CT molecular complexity index is 964. The van der Waals surface area contributed by atoms with Crippen molar-refractivity contribution in [3.63, 3.8) is 0 Å². The van der Waals surface area contributed by atoms with Crippen LogP contribution in [0.2, 0.25) is 0 Å². The first-order chi connectivity index (χ1) is 11.4. The average molecular weight is 332 g/mol. The van der Waals surface area contributed by atoms with E-state index in [4.69, 9.17) is 4.42 Å². The Morgan fingerprint density at radius 1 is 1.33 bits per heavy atom. The fraction of sp³-hybridized carbons (Fsp3) is 0.400. The van der Waals surface area contributed by atoms with Gasteiger partial charge in [-0.25, -0.2) is 4.79 Å². The van der Waals surface area contributed by atoms with Gasteiger partial charge in [-0.3, -0.25) is 19.2 Å². The van der Waals surface area contributed by atoms with E-state index in [1.807, 2.05) is 31.1 Å². The van der Waals surface area contributed by atoms with Gasteiger partial charge < -0.3 is 14.3 Å². The van der Waals surface area contributed by atoms with Crippen molar-refractivity contribution in [3.8, 4) is 0 Å². The first kappa shape index (κ1) is 16.1. The van der Waals surface area contributed by atoms with Crippen LogP contribution in [0, 0.1) is 0 Å². The molecule has 0 aliphatic rings. The van der Waals surface area contributed by atoms with Gasteiger partial charge in [0, 0.05) is 20.6 Å². The van der Waals surface area contributed by atoms with E-state index in [0.717, 1.165) is 5.76 Å². The van der Waals surface area contributed by atoms with Crippen molar-refractivity contribution < 1.29 is 4.42 Å². The Balaban J connectivity index is 1.95. The van der Waals surface area contributed by atoms with Gasteiger partial charge >= 0.3 is 5.69 Å². The Labute approximate surface area is 137 Å². The van der Waals surface area contributed by atoms with Crippen LogP contribution in [0.1, 0.15) is 11.8 Å². The lowest BCUT2D eigenvalue weighted by atomic mass is 10.2. The van der Waals surface area contributed by atoms with E-state index in [1.165, 1.54) is 4.57 Å². The molecule has 0 bridgehead atoms. The van der Waals surface area contributed by atoms with Crippen LogP contribution in [-0.2, 0) is 14.1 Å². The van der Waals surface area contributed by atoms with Crippen molar-refractivity contribution in [1.82, 2.24) is 24.0 Å². The molecule has 0 saturated heterocycles. The number of likely N-dealkylation sites (N-methyl/N-ethyl adjacent to an activating group) is 1. The highest BCUT2D eigenvalue weighted by molar-refractivity contribution is 5.73.